The molecule has 1 aromatic rings. The van der Waals surface area contributed by atoms with Crippen LogP contribution >= 0.6 is 7.14 Å². The third-order valence-corrected chi connectivity index (χ3v) is 4.35. The summed E-state index contributed by atoms with van der Waals surface area (Å²) in [6.45, 7) is 4.61. The van der Waals surface area contributed by atoms with Gasteiger partial charge >= 0.3 is 0 Å². The zero-order chi connectivity index (χ0) is 11.1. The van der Waals surface area contributed by atoms with Crippen LogP contribution in [0.1, 0.15) is 19.8 Å². The van der Waals surface area contributed by atoms with E-state index in [1.54, 1.807) is 6.66 Å². The summed E-state index contributed by atoms with van der Waals surface area (Å²) in [4.78, 5) is 0. The summed E-state index contributed by atoms with van der Waals surface area (Å²) in [7, 11) is -2.31. The van der Waals surface area contributed by atoms with Gasteiger partial charge in [0.25, 0.3) is 0 Å². The predicted octanol–water partition coefficient (Wildman–Crippen LogP) is 3.08. The molecule has 2 nitrogen and oxygen atoms in total. The lowest BCUT2D eigenvalue weighted by Crippen LogP contribution is -2.08. The Bertz CT molecular complexity index is 322. The molecule has 3 heteroatoms. The van der Waals surface area contributed by atoms with Crippen LogP contribution in [0.3, 0.4) is 0 Å². The van der Waals surface area contributed by atoms with E-state index in [1.165, 1.54) is 0 Å². The van der Waals surface area contributed by atoms with Gasteiger partial charge in [-0.1, -0.05) is 43.7 Å². The summed E-state index contributed by atoms with van der Waals surface area (Å²) < 4.78 is 17.7. The molecular weight excluding hydrogens is 207 g/mol. The lowest BCUT2D eigenvalue weighted by atomic mass is 10.4. The van der Waals surface area contributed by atoms with Crippen LogP contribution in [-0.4, -0.2) is 19.6 Å². The van der Waals surface area contributed by atoms with E-state index in [2.05, 4.69) is 6.92 Å². The first kappa shape index (κ1) is 12.5. The number of hydrogen-bond acceptors (Lipinski definition) is 2. The Labute approximate surface area is 92.0 Å². The lowest BCUT2D eigenvalue weighted by Gasteiger charge is -2.13. The molecule has 0 spiro atoms. The van der Waals surface area contributed by atoms with Crippen LogP contribution in [0.2, 0.25) is 0 Å². The van der Waals surface area contributed by atoms with Crippen LogP contribution in [0.15, 0.2) is 30.3 Å². The molecular formula is C12H19O2P. The molecule has 15 heavy (non-hydrogen) atoms. The molecule has 0 bridgehead atoms. The Morgan fingerprint density at radius 3 is 2.53 bits per heavy atom. The molecule has 0 aliphatic heterocycles. The van der Waals surface area contributed by atoms with Gasteiger partial charge in [-0.2, -0.15) is 0 Å². The molecule has 1 atom stereocenters. The summed E-state index contributed by atoms with van der Waals surface area (Å²) in [6.07, 6.45) is 2.51. The zero-order valence-electron chi connectivity index (χ0n) is 9.48. The second kappa shape index (κ2) is 6.09. The van der Waals surface area contributed by atoms with Crippen molar-refractivity contribution in [3.63, 3.8) is 0 Å². The van der Waals surface area contributed by atoms with Crippen molar-refractivity contribution >= 4 is 12.4 Å². The molecule has 0 amide bonds. The van der Waals surface area contributed by atoms with Gasteiger partial charge in [-0.05, 0) is 13.1 Å². The normalized spacial score (nSPS) is 14.8. The molecule has 0 aliphatic carbocycles. The first-order valence-electron chi connectivity index (χ1n) is 5.36. The Morgan fingerprint density at radius 2 is 1.93 bits per heavy atom. The molecule has 1 unspecified atom stereocenters. The first-order chi connectivity index (χ1) is 7.17. The number of ether oxygens (including phenoxy) is 1. The van der Waals surface area contributed by atoms with E-state index in [0.29, 0.717) is 13.0 Å². The fourth-order valence-corrected chi connectivity index (χ4v) is 2.73. The highest BCUT2D eigenvalue weighted by atomic mass is 31.2. The largest absolute Gasteiger partial charge is 0.373 e. The summed E-state index contributed by atoms with van der Waals surface area (Å²) in [5, 5.41) is 0.904. The van der Waals surface area contributed by atoms with Gasteiger partial charge in [0.05, 0.1) is 0 Å². The van der Waals surface area contributed by atoms with Crippen molar-refractivity contribution in [3.05, 3.63) is 30.3 Å². The number of rotatable bonds is 6. The van der Waals surface area contributed by atoms with E-state index in [4.69, 9.17) is 4.74 Å². The van der Waals surface area contributed by atoms with Gasteiger partial charge in [-0.25, -0.2) is 0 Å². The summed E-state index contributed by atoms with van der Waals surface area (Å²) in [5.74, 6) is 0. The molecule has 0 radical (unpaired) electrons. The third-order valence-electron chi connectivity index (χ3n) is 2.28. The standard InChI is InChI=1S/C12H19O2P/c1-3-4-10-14-11-15(2,13)12-8-6-5-7-9-12/h5-9H,3-4,10-11H2,1-2H3. The maximum Gasteiger partial charge on any atom is 0.137 e. The number of hydrogen-bond donors (Lipinski definition) is 0. The minimum absolute atomic E-state index is 0.358. The van der Waals surface area contributed by atoms with E-state index in [1.807, 2.05) is 30.3 Å². The maximum atomic E-state index is 12.3. The van der Waals surface area contributed by atoms with Crippen molar-refractivity contribution < 1.29 is 9.30 Å². The molecule has 0 fully saturated rings. The Hall–Kier alpha value is -0.590. The lowest BCUT2D eigenvalue weighted by molar-refractivity contribution is 0.173. The predicted molar refractivity (Wildman–Crippen MR) is 65.3 cm³/mol. The van der Waals surface area contributed by atoms with E-state index in [9.17, 15) is 4.57 Å². The smallest absolute Gasteiger partial charge is 0.137 e. The SMILES string of the molecule is CCCCOCP(C)(=O)c1ccccc1. The second-order valence-electron chi connectivity index (χ2n) is 3.83. The fraction of sp³-hybridized carbons (Fsp3) is 0.500. The van der Waals surface area contributed by atoms with Crippen LogP contribution in [-0.2, 0) is 9.30 Å². The van der Waals surface area contributed by atoms with Crippen LogP contribution in [0.4, 0.5) is 0 Å². The highest BCUT2D eigenvalue weighted by Crippen LogP contribution is 2.39. The van der Waals surface area contributed by atoms with E-state index < -0.39 is 7.14 Å². The van der Waals surface area contributed by atoms with Crippen molar-refractivity contribution in [2.75, 3.05) is 19.6 Å². The first-order valence-corrected chi connectivity index (χ1v) is 7.70. The summed E-state index contributed by atoms with van der Waals surface area (Å²) >= 11 is 0. The summed E-state index contributed by atoms with van der Waals surface area (Å²) in [5.41, 5.74) is 0. The van der Waals surface area contributed by atoms with Crippen molar-refractivity contribution in [2.24, 2.45) is 0 Å². The monoisotopic (exact) mass is 226 g/mol. The van der Waals surface area contributed by atoms with Crippen LogP contribution in [0, 0.1) is 0 Å². The topological polar surface area (TPSA) is 26.3 Å². The van der Waals surface area contributed by atoms with Gasteiger partial charge in [0.2, 0.25) is 0 Å². The van der Waals surface area contributed by atoms with E-state index >= 15 is 0 Å². The van der Waals surface area contributed by atoms with Gasteiger partial charge in [0, 0.05) is 11.9 Å². The van der Waals surface area contributed by atoms with E-state index in [0.717, 1.165) is 18.1 Å². The highest BCUT2D eigenvalue weighted by molar-refractivity contribution is 7.70. The van der Waals surface area contributed by atoms with Crippen molar-refractivity contribution in [3.8, 4) is 0 Å². The van der Waals surface area contributed by atoms with Gasteiger partial charge in [-0.3, -0.25) is 0 Å². The Balaban J connectivity index is 2.49. The van der Waals surface area contributed by atoms with E-state index in [-0.39, 0.29) is 0 Å². The zero-order valence-corrected chi connectivity index (χ0v) is 10.4. The fourth-order valence-electron chi connectivity index (χ4n) is 1.30. The molecule has 0 saturated heterocycles. The average Bonchev–Trinajstić information content (AvgIpc) is 2.26. The van der Waals surface area contributed by atoms with Gasteiger partial charge < -0.3 is 9.30 Å². The van der Waals surface area contributed by atoms with Gasteiger partial charge in [-0.15, -0.1) is 0 Å². The third kappa shape index (κ3) is 4.19. The summed E-state index contributed by atoms with van der Waals surface area (Å²) in [6, 6.07) is 9.57. The average molecular weight is 226 g/mol. The molecule has 0 saturated carbocycles. The second-order valence-corrected chi connectivity index (χ2v) is 6.80. The van der Waals surface area contributed by atoms with Crippen molar-refractivity contribution in [1.82, 2.24) is 0 Å². The molecule has 1 rings (SSSR count). The van der Waals surface area contributed by atoms with Crippen LogP contribution in [0.5, 0.6) is 0 Å². The quantitative estimate of drug-likeness (QED) is 0.550. The minimum Gasteiger partial charge on any atom is -0.373 e. The number of unbranched alkanes of at least 4 members (excludes halogenated alkanes) is 1. The molecule has 1 aromatic carbocycles. The van der Waals surface area contributed by atoms with Crippen molar-refractivity contribution in [2.45, 2.75) is 19.8 Å². The highest BCUT2D eigenvalue weighted by Gasteiger charge is 2.17. The maximum absolute atomic E-state index is 12.3. The number of benzene rings is 1. The van der Waals surface area contributed by atoms with Crippen molar-refractivity contribution in [1.29, 1.82) is 0 Å². The molecule has 0 aliphatic rings. The molecule has 84 valence electrons. The minimum atomic E-state index is -2.31. The Morgan fingerprint density at radius 1 is 1.27 bits per heavy atom. The molecule has 0 N–H and O–H groups in total. The Kier molecular flexibility index (Phi) is 5.07. The molecule has 0 aromatic heterocycles. The van der Waals surface area contributed by atoms with Gasteiger partial charge in [0.15, 0.2) is 0 Å². The molecule has 0 heterocycles. The van der Waals surface area contributed by atoms with Crippen LogP contribution < -0.4 is 5.30 Å². The van der Waals surface area contributed by atoms with Gasteiger partial charge in [0.1, 0.15) is 13.5 Å². The van der Waals surface area contributed by atoms with Crippen LogP contribution in [0.25, 0.3) is 0 Å².